The Morgan fingerprint density at radius 1 is 1.04 bits per heavy atom. The summed E-state index contributed by atoms with van der Waals surface area (Å²) in [5.74, 6) is 1.46. The molecule has 140 valence electrons. The lowest BCUT2D eigenvalue weighted by molar-refractivity contribution is 0.456. The Hall–Kier alpha value is -3.06. The molecule has 0 aliphatic heterocycles. The number of para-hydroxylation sites is 1. The number of ether oxygens (including phenoxy) is 1. The quantitative estimate of drug-likeness (QED) is 0.364. The highest BCUT2D eigenvalue weighted by Gasteiger charge is 2.21. The second-order valence-electron chi connectivity index (χ2n) is 7.02. The summed E-state index contributed by atoms with van der Waals surface area (Å²) in [5.41, 5.74) is 0.877. The van der Waals surface area contributed by atoms with Gasteiger partial charge < -0.3 is 20.5 Å². The molecule has 2 aromatic carbocycles. The van der Waals surface area contributed by atoms with E-state index in [4.69, 9.17) is 10.1 Å². The molecule has 0 saturated heterocycles. The molecule has 0 radical (unpaired) electrons. The molecule has 1 aromatic heterocycles. The predicted molar refractivity (Wildman–Crippen MR) is 110 cm³/mol. The number of aromatic hydroxyl groups is 1. The van der Waals surface area contributed by atoms with E-state index in [1.807, 2.05) is 75.4 Å². The van der Waals surface area contributed by atoms with E-state index in [-0.39, 0.29) is 17.3 Å². The lowest BCUT2D eigenvalue weighted by Crippen LogP contribution is -2.40. The number of benzene rings is 2. The monoisotopic (exact) mass is 382 g/mol. The van der Waals surface area contributed by atoms with Crippen LogP contribution in [0.15, 0.2) is 54.6 Å². The van der Waals surface area contributed by atoms with E-state index in [1.165, 1.54) is 0 Å². The summed E-state index contributed by atoms with van der Waals surface area (Å²) in [6.45, 7) is 5.87. The van der Waals surface area contributed by atoms with Gasteiger partial charge in [0, 0.05) is 11.2 Å². The van der Waals surface area contributed by atoms with Crippen molar-refractivity contribution in [2.45, 2.75) is 26.3 Å². The third-order valence-corrected chi connectivity index (χ3v) is 4.27. The maximum Gasteiger partial charge on any atom is 0.236 e. The highest BCUT2D eigenvalue weighted by atomic mass is 32.1. The number of nitrogens with one attached hydrogen (secondary N) is 3. The number of rotatable bonds is 5. The fraction of sp³-hybridized carbons (Fsp3) is 0.200. The number of amidine groups is 1. The lowest BCUT2D eigenvalue weighted by atomic mass is 10.1. The van der Waals surface area contributed by atoms with Crippen LogP contribution in [0, 0.1) is 5.41 Å². The predicted octanol–water partition coefficient (Wildman–Crippen LogP) is 5.10. The van der Waals surface area contributed by atoms with Gasteiger partial charge in [0.1, 0.15) is 27.9 Å². The van der Waals surface area contributed by atoms with Crippen molar-refractivity contribution in [3.8, 4) is 17.4 Å². The molecule has 0 fully saturated rings. The molecule has 0 spiro atoms. The Bertz CT molecular complexity index is 915. The average molecular weight is 382 g/mol. The van der Waals surface area contributed by atoms with Crippen LogP contribution in [0.3, 0.4) is 0 Å². The summed E-state index contributed by atoms with van der Waals surface area (Å²) in [6, 6.07) is 17.0. The molecule has 0 aliphatic rings. The number of hydrogen-bond acceptors (Lipinski definition) is 6. The first kappa shape index (κ1) is 18.7. The fourth-order valence-electron chi connectivity index (χ4n) is 2.39. The van der Waals surface area contributed by atoms with E-state index in [2.05, 4.69) is 15.0 Å². The smallest absolute Gasteiger partial charge is 0.236 e. The first-order valence-corrected chi connectivity index (χ1v) is 9.25. The summed E-state index contributed by atoms with van der Waals surface area (Å²) in [4.78, 5) is 0. The molecule has 7 heteroatoms. The van der Waals surface area contributed by atoms with Gasteiger partial charge in [0.25, 0.3) is 0 Å². The maximum atomic E-state index is 10.0. The lowest BCUT2D eigenvalue weighted by Gasteiger charge is -2.22. The van der Waals surface area contributed by atoms with Crippen LogP contribution in [0.5, 0.6) is 17.4 Å². The van der Waals surface area contributed by atoms with Gasteiger partial charge in [-0.2, -0.15) is 4.37 Å². The van der Waals surface area contributed by atoms with Gasteiger partial charge in [-0.25, -0.2) is 0 Å². The summed E-state index contributed by atoms with van der Waals surface area (Å²) >= 11 is 1.11. The summed E-state index contributed by atoms with van der Waals surface area (Å²) in [6.07, 6.45) is 0. The molecule has 3 rings (SSSR count). The Kier molecular flexibility index (Phi) is 5.32. The number of hydrogen-bond donors (Lipinski definition) is 4. The van der Waals surface area contributed by atoms with Gasteiger partial charge in [0.15, 0.2) is 0 Å². The van der Waals surface area contributed by atoms with Crippen molar-refractivity contribution < 1.29 is 9.84 Å². The first-order chi connectivity index (χ1) is 12.8. The van der Waals surface area contributed by atoms with E-state index in [0.29, 0.717) is 10.6 Å². The normalized spacial score (nSPS) is 11.1. The van der Waals surface area contributed by atoms with E-state index in [0.717, 1.165) is 28.7 Å². The molecule has 0 unspecified atom stereocenters. The van der Waals surface area contributed by atoms with Gasteiger partial charge in [-0.1, -0.05) is 18.2 Å². The minimum absolute atomic E-state index is 0.125. The third kappa shape index (κ3) is 4.98. The molecule has 1 heterocycles. The second kappa shape index (κ2) is 7.67. The van der Waals surface area contributed by atoms with Crippen molar-refractivity contribution in [3.63, 3.8) is 0 Å². The van der Waals surface area contributed by atoms with Crippen molar-refractivity contribution in [3.05, 3.63) is 60.2 Å². The molecule has 0 saturated carbocycles. The van der Waals surface area contributed by atoms with Crippen molar-refractivity contribution in [1.82, 2.24) is 9.69 Å². The van der Waals surface area contributed by atoms with Crippen LogP contribution in [0.1, 0.15) is 26.3 Å². The minimum atomic E-state index is -0.293. The molecular weight excluding hydrogens is 360 g/mol. The third-order valence-electron chi connectivity index (χ3n) is 3.52. The second-order valence-corrected chi connectivity index (χ2v) is 7.80. The van der Waals surface area contributed by atoms with Gasteiger partial charge in [-0.05, 0) is 68.7 Å². The molecule has 6 nitrogen and oxygen atoms in total. The van der Waals surface area contributed by atoms with Gasteiger partial charge in [-0.15, -0.1) is 0 Å². The molecule has 0 atom stereocenters. The molecule has 0 amide bonds. The van der Waals surface area contributed by atoms with Crippen molar-refractivity contribution in [2.75, 3.05) is 5.32 Å². The van der Waals surface area contributed by atoms with Gasteiger partial charge in [-0.3, -0.25) is 5.41 Å². The molecular formula is C20H22N4O2S. The Balaban J connectivity index is 1.73. The van der Waals surface area contributed by atoms with Crippen LogP contribution in [0.25, 0.3) is 0 Å². The highest BCUT2D eigenvalue weighted by molar-refractivity contribution is 7.11. The summed E-state index contributed by atoms with van der Waals surface area (Å²) < 4.78 is 9.75. The Labute approximate surface area is 162 Å². The highest BCUT2D eigenvalue weighted by Crippen LogP contribution is 2.33. The van der Waals surface area contributed by atoms with Gasteiger partial charge in [0.05, 0.1) is 0 Å². The Morgan fingerprint density at radius 3 is 2.30 bits per heavy atom. The van der Waals surface area contributed by atoms with Crippen molar-refractivity contribution in [1.29, 1.82) is 5.41 Å². The molecule has 3 aromatic rings. The first-order valence-electron chi connectivity index (χ1n) is 8.47. The zero-order valence-electron chi connectivity index (χ0n) is 15.4. The molecule has 4 N–H and O–H groups in total. The van der Waals surface area contributed by atoms with Crippen LogP contribution in [0.4, 0.5) is 10.7 Å². The van der Waals surface area contributed by atoms with Crippen LogP contribution in [0.2, 0.25) is 0 Å². The average Bonchev–Trinajstić information content (AvgIpc) is 2.96. The molecule has 27 heavy (non-hydrogen) atoms. The van der Waals surface area contributed by atoms with Gasteiger partial charge in [0.2, 0.25) is 5.88 Å². The largest absolute Gasteiger partial charge is 0.492 e. The maximum absolute atomic E-state index is 10.0. The fourth-order valence-corrected chi connectivity index (χ4v) is 3.11. The van der Waals surface area contributed by atoms with Crippen LogP contribution in [-0.2, 0) is 0 Å². The topological polar surface area (TPSA) is 90.3 Å². The van der Waals surface area contributed by atoms with Gasteiger partial charge >= 0.3 is 0 Å². The zero-order valence-corrected chi connectivity index (χ0v) is 16.2. The minimum Gasteiger partial charge on any atom is -0.492 e. The van der Waals surface area contributed by atoms with E-state index < -0.39 is 0 Å². The number of nitrogens with zero attached hydrogens (tertiary/aromatic N) is 1. The van der Waals surface area contributed by atoms with Crippen molar-refractivity contribution >= 4 is 28.1 Å². The van der Waals surface area contributed by atoms with E-state index in [1.54, 1.807) is 0 Å². The van der Waals surface area contributed by atoms with Crippen LogP contribution < -0.4 is 15.4 Å². The summed E-state index contributed by atoms with van der Waals surface area (Å²) in [5, 5.41) is 25.2. The standard InChI is InChI=1S/C20H22N4O2S/c1-20(2,3)23-17(21)16-18(25)24-27-19(16)22-13-9-11-15(12-10-13)26-14-7-5-4-6-8-14/h4-12,22H,1-3H3,(H2,21,23)(H,24,25). The van der Waals surface area contributed by atoms with E-state index >= 15 is 0 Å². The van der Waals surface area contributed by atoms with E-state index in [9.17, 15) is 5.11 Å². The molecule has 0 aliphatic carbocycles. The van der Waals surface area contributed by atoms with Crippen LogP contribution >= 0.6 is 11.5 Å². The molecule has 0 bridgehead atoms. The van der Waals surface area contributed by atoms with Crippen molar-refractivity contribution in [2.24, 2.45) is 0 Å². The number of anilines is 2. The Morgan fingerprint density at radius 2 is 1.67 bits per heavy atom. The SMILES string of the molecule is CC(C)(C)NC(=N)c1c(O)nsc1Nc1ccc(Oc2ccccc2)cc1. The van der Waals surface area contributed by atoms with Crippen LogP contribution in [-0.4, -0.2) is 20.9 Å². The zero-order chi connectivity index (χ0) is 19.4. The number of aromatic nitrogens is 1. The summed E-state index contributed by atoms with van der Waals surface area (Å²) in [7, 11) is 0.